The maximum absolute atomic E-state index is 13.2. The van der Waals surface area contributed by atoms with Crippen molar-refractivity contribution in [3.63, 3.8) is 0 Å². The summed E-state index contributed by atoms with van der Waals surface area (Å²) in [5, 5.41) is 0.00361. The molecular weight excluding hydrogens is 219 g/mol. The predicted octanol–water partition coefficient (Wildman–Crippen LogP) is 0.798. The van der Waals surface area contributed by atoms with Gasteiger partial charge in [0, 0.05) is 17.8 Å². The standard InChI is InChI=1S/C9H11F4Si.Li/c1-14(2,3)6-4-5(10)7(11)9(13)8(6)12;/h4-5H,1-3H3;/q-1;+1. The van der Waals surface area contributed by atoms with Crippen molar-refractivity contribution < 1.29 is 36.4 Å². The maximum atomic E-state index is 13.2. The van der Waals surface area contributed by atoms with Crippen LogP contribution in [0.5, 0.6) is 0 Å². The van der Waals surface area contributed by atoms with Gasteiger partial charge in [-0.2, -0.15) is 0 Å². The van der Waals surface area contributed by atoms with E-state index < -0.39 is 32.1 Å². The number of hydrogen-bond donors (Lipinski definition) is 0. The van der Waals surface area contributed by atoms with E-state index in [4.69, 9.17) is 0 Å². The average molecular weight is 230 g/mol. The molecule has 15 heavy (non-hydrogen) atoms. The van der Waals surface area contributed by atoms with E-state index in [1.165, 1.54) is 0 Å². The molecule has 0 saturated carbocycles. The Morgan fingerprint density at radius 2 is 1.73 bits per heavy atom. The number of rotatable bonds is 1. The smallest absolute Gasteiger partial charge is 0.318 e. The van der Waals surface area contributed by atoms with E-state index in [0.29, 0.717) is 0 Å². The molecule has 0 aromatic heterocycles. The van der Waals surface area contributed by atoms with Gasteiger partial charge in [0.25, 0.3) is 0 Å². The van der Waals surface area contributed by atoms with Crippen LogP contribution < -0.4 is 18.9 Å². The molecule has 0 heterocycles. The Morgan fingerprint density at radius 1 is 1.27 bits per heavy atom. The third kappa shape index (κ3) is 2.93. The third-order valence-corrected chi connectivity index (χ3v) is 4.00. The fourth-order valence-electron chi connectivity index (χ4n) is 1.22. The topological polar surface area (TPSA) is 0 Å². The molecule has 1 aliphatic carbocycles. The molecule has 1 rings (SSSR count). The first-order valence-electron chi connectivity index (χ1n) is 4.20. The molecule has 1 aliphatic rings. The fraction of sp³-hybridized carbons (Fsp3) is 0.444. The molecule has 1 unspecified atom stereocenters. The molecule has 0 aromatic carbocycles. The van der Waals surface area contributed by atoms with Crippen LogP contribution in [0.15, 0.2) is 22.9 Å². The normalized spacial score (nSPS) is 22.5. The number of allylic oxidation sites excluding steroid dienone is 4. The zero-order valence-electron chi connectivity index (χ0n) is 9.17. The predicted molar refractivity (Wildman–Crippen MR) is 49.9 cm³/mol. The molecule has 0 saturated heterocycles. The molecule has 0 aromatic rings. The minimum absolute atomic E-state index is 0. The Balaban J connectivity index is 0.00000196. The van der Waals surface area contributed by atoms with E-state index >= 15 is 0 Å². The molecular formula is C9H11F4LiSi. The van der Waals surface area contributed by atoms with Gasteiger partial charge in [0.15, 0.2) is 0 Å². The van der Waals surface area contributed by atoms with Crippen LogP contribution in [0.3, 0.4) is 0 Å². The first-order valence-corrected chi connectivity index (χ1v) is 7.70. The molecule has 0 radical (unpaired) electrons. The van der Waals surface area contributed by atoms with Crippen LogP contribution in [0.1, 0.15) is 0 Å². The number of hydrogen-bond acceptors (Lipinski definition) is 0. The zero-order chi connectivity index (χ0) is 11.1. The van der Waals surface area contributed by atoms with E-state index in [1.54, 1.807) is 19.6 Å². The van der Waals surface area contributed by atoms with Crippen molar-refractivity contribution in [3.05, 3.63) is 29.1 Å². The van der Waals surface area contributed by atoms with Gasteiger partial charge in [-0.3, -0.25) is 4.39 Å². The van der Waals surface area contributed by atoms with E-state index in [-0.39, 0.29) is 24.1 Å². The van der Waals surface area contributed by atoms with E-state index in [9.17, 15) is 17.6 Å². The van der Waals surface area contributed by atoms with Gasteiger partial charge in [0.2, 0.25) is 0 Å². The summed E-state index contributed by atoms with van der Waals surface area (Å²) in [4.78, 5) is 0. The van der Waals surface area contributed by atoms with Crippen molar-refractivity contribution in [2.24, 2.45) is 0 Å². The van der Waals surface area contributed by atoms with Crippen molar-refractivity contribution in [3.8, 4) is 0 Å². The van der Waals surface area contributed by atoms with E-state index in [1.807, 2.05) is 0 Å². The van der Waals surface area contributed by atoms with Crippen LogP contribution in [-0.2, 0) is 0 Å². The van der Waals surface area contributed by atoms with Crippen LogP contribution in [0.25, 0.3) is 0 Å². The van der Waals surface area contributed by atoms with E-state index in [0.717, 1.165) is 6.08 Å². The van der Waals surface area contributed by atoms with Crippen LogP contribution in [0.2, 0.25) is 19.6 Å². The van der Waals surface area contributed by atoms with Crippen LogP contribution in [0, 0.1) is 6.17 Å². The Bertz CT molecular complexity index is 306. The van der Waals surface area contributed by atoms with Crippen LogP contribution in [0.4, 0.5) is 17.6 Å². The summed E-state index contributed by atoms with van der Waals surface area (Å²) in [7, 11) is -2.16. The first kappa shape index (κ1) is 14.9. The molecule has 6 heteroatoms. The molecule has 1 atom stereocenters. The van der Waals surface area contributed by atoms with Crippen LogP contribution >= 0.6 is 0 Å². The molecule has 0 fully saturated rings. The largest absolute Gasteiger partial charge is 1.00 e. The number of halogens is 4. The zero-order valence-corrected chi connectivity index (χ0v) is 10.2. The van der Waals surface area contributed by atoms with Gasteiger partial charge in [0.1, 0.15) is 6.17 Å². The summed E-state index contributed by atoms with van der Waals surface area (Å²) in [6, 6.07) is 0. The van der Waals surface area contributed by atoms with Gasteiger partial charge in [-0.25, -0.2) is 4.39 Å². The maximum Gasteiger partial charge on any atom is 1.00 e. The molecule has 0 bridgehead atoms. The summed E-state index contributed by atoms with van der Waals surface area (Å²) in [5.74, 6) is -2.92. The molecule has 0 N–H and O–H groups in total. The minimum atomic E-state index is -2.16. The Kier molecular flexibility index (Phi) is 4.78. The number of alkyl halides is 1. The van der Waals surface area contributed by atoms with Crippen LogP contribution in [-0.4, -0.2) is 14.2 Å². The molecule has 80 valence electrons. The van der Waals surface area contributed by atoms with Gasteiger partial charge in [0.05, 0.1) is 8.07 Å². The monoisotopic (exact) mass is 230 g/mol. The van der Waals surface area contributed by atoms with Gasteiger partial charge in [-0.05, 0) is 0 Å². The van der Waals surface area contributed by atoms with Crippen molar-refractivity contribution >= 4 is 8.07 Å². The van der Waals surface area contributed by atoms with Gasteiger partial charge >= 0.3 is 18.9 Å². The van der Waals surface area contributed by atoms with Crippen molar-refractivity contribution in [1.82, 2.24) is 0 Å². The molecule has 0 spiro atoms. The SMILES string of the molecule is C[Si](C)(C)C1=CC(F)[C-](F)C(F)=C1F.[Li+]. The summed E-state index contributed by atoms with van der Waals surface area (Å²) in [6.07, 6.45) is -2.97. The Morgan fingerprint density at radius 3 is 2.13 bits per heavy atom. The van der Waals surface area contributed by atoms with Gasteiger partial charge in [-0.15, -0.1) is 5.20 Å². The summed E-state index contributed by atoms with van der Waals surface area (Å²) >= 11 is 0. The van der Waals surface area contributed by atoms with E-state index in [2.05, 4.69) is 0 Å². The Labute approximate surface area is 99.6 Å². The average Bonchev–Trinajstić information content (AvgIpc) is 2.06. The minimum Gasteiger partial charge on any atom is -0.318 e. The van der Waals surface area contributed by atoms with Crippen molar-refractivity contribution in [2.75, 3.05) is 0 Å². The van der Waals surface area contributed by atoms with Gasteiger partial charge in [-0.1, -0.05) is 25.7 Å². The molecule has 0 amide bonds. The second-order valence-corrected chi connectivity index (χ2v) is 9.25. The third-order valence-electron chi connectivity index (χ3n) is 2.00. The molecule has 0 nitrogen and oxygen atoms in total. The second-order valence-electron chi connectivity index (χ2n) is 4.21. The summed E-state index contributed by atoms with van der Waals surface area (Å²) in [6.45, 7) is 5.21. The van der Waals surface area contributed by atoms with Gasteiger partial charge < -0.3 is 8.78 Å². The molecule has 0 aliphatic heterocycles. The fourth-order valence-corrected chi connectivity index (χ4v) is 2.63. The first-order chi connectivity index (χ1) is 6.25. The van der Waals surface area contributed by atoms with Crippen molar-refractivity contribution in [2.45, 2.75) is 25.8 Å². The quantitative estimate of drug-likeness (QED) is 0.355. The second kappa shape index (κ2) is 4.81. The van der Waals surface area contributed by atoms with Crippen molar-refractivity contribution in [1.29, 1.82) is 0 Å². The Hall–Kier alpha value is -0.116. The summed E-state index contributed by atoms with van der Waals surface area (Å²) < 4.78 is 51.5. The summed E-state index contributed by atoms with van der Waals surface area (Å²) in [5.41, 5.74) is 0.